The van der Waals surface area contributed by atoms with Gasteiger partial charge >= 0.3 is 5.97 Å². The molecule has 0 saturated carbocycles. The summed E-state index contributed by atoms with van der Waals surface area (Å²) in [6, 6.07) is 0.389. The number of hydrogen-bond donors (Lipinski definition) is 1. The molecule has 0 aromatic rings. The van der Waals surface area contributed by atoms with Crippen molar-refractivity contribution in [2.75, 3.05) is 0 Å². The van der Waals surface area contributed by atoms with Gasteiger partial charge in [0.25, 0.3) is 0 Å². The van der Waals surface area contributed by atoms with Crippen molar-refractivity contribution in [1.82, 2.24) is 5.32 Å². The zero-order valence-corrected chi connectivity index (χ0v) is 11.2. The molecule has 94 valence electrons. The molecule has 0 spiro atoms. The Morgan fingerprint density at radius 1 is 1.38 bits per heavy atom. The van der Waals surface area contributed by atoms with E-state index in [1.807, 2.05) is 20.8 Å². The van der Waals surface area contributed by atoms with E-state index in [1.54, 1.807) is 0 Å². The molecule has 0 amide bonds. The Morgan fingerprint density at radius 2 is 2.00 bits per heavy atom. The number of ether oxygens (including phenoxy) is 1. The second kappa shape index (κ2) is 5.17. The van der Waals surface area contributed by atoms with Crippen molar-refractivity contribution in [3.05, 3.63) is 0 Å². The Bertz CT molecular complexity index is 243. The first-order chi connectivity index (χ1) is 7.28. The van der Waals surface area contributed by atoms with E-state index in [1.165, 1.54) is 0 Å². The van der Waals surface area contributed by atoms with Crippen molar-refractivity contribution >= 4 is 5.97 Å². The van der Waals surface area contributed by atoms with Crippen molar-refractivity contribution in [3.8, 4) is 0 Å². The first-order valence-electron chi connectivity index (χ1n) is 6.27. The largest absolute Gasteiger partial charge is 0.459 e. The van der Waals surface area contributed by atoms with Gasteiger partial charge in [-0.3, -0.25) is 4.79 Å². The van der Waals surface area contributed by atoms with Crippen LogP contribution in [0.4, 0.5) is 0 Å². The van der Waals surface area contributed by atoms with Gasteiger partial charge in [-0.15, -0.1) is 0 Å². The lowest BCUT2D eigenvalue weighted by Gasteiger charge is -2.22. The summed E-state index contributed by atoms with van der Waals surface area (Å²) in [5.74, 6) is 0.577. The first-order valence-corrected chi connectivity index (χ1v) is 6.27. The van der Waals surface area contributed by atoms with E-state index in [-0.39, 0.29) is 17.6 Å². The van der Waals surface area contributed by atoms with Gasteiger partial charge in [0, 0.05) is 6.04 Å². The van der Waals surface area contributed by atoms with Crippen LogP contribution >= 0.6 is 0 Å². The fourth-order valence-corrected chi connectivity index (χ4v) is 2.13. The molecular formula is C13H25NO2. The number of carbonyl (C=O) groups is 1. The molecule has 0 unspecified atom stereocenters. The van der Waals surface area contributed by atoms with Crippen LogP contribution < -0.4 is 5.32 Å². The molecule has 1 saturated heterocycles. The van der Waals surface area contributed by atoms with Crippen LogP contribution in [0.3, 0.4) is 0 Å². The highest BCUT2D eigenvalue weighted by atomic mass is 16.6. The molecule has 1 fully saturated rings. The van der Waals surface area contributed by atoms with Crippen LogP contribution in [-0.4, -0.2) is 23.7 Å². The van der Waals surface area contributed by atoms with Crippen LogP contribution in [0.1, 0.15) is 53.9 Å². The molecule has 1 aliphatic heterocycles. The summed E-state index contributed by atoms with van der Waals surface area (Å²) >= 11 is 0. The van der Waals surface area contributed by atoms with Crippen LogP contribution in [0, 0.1) is 5.92 Å². The molecular weight excluding hydrogens is 202 g/mol. The summed E-state index contributed by atoms with van der Waals surface area (Å²) in [7, 11) is 0. The van der Waals surface area contributed by atoms with Crippen LogP contribution in [0.5, 0.6) is 0 Å². The topological polar surface area (TPSA) is 38.3 Å². The third-order valence-electron chi connectivity index (χ3n) is 2.69. The van der Waals surface area contributed by atoms with E-state index in [2.05, 4.69) is 19.2 Å². The minimum Gasteiger partial charge on any atom is -0.459 e. The van der Waals surface area contributed by atoms with Gasteiger partial charge in [0.1, 0.15) is 11.6 Å². The second-order valence-electron chi connectivity index (χ2n) is 6.16. The highest BCUT2D eigenvalue weighted by Gasteiger charge is 2.32. The molecule has 0 bridgehead atoms. The average molecular weight is 227 g/mol. The molecule has 0 aliphatic carbocycles. The minimum absolute atomic E-state index is 0.0945. The zero-order chi connectivity index (χ0) is 12.3. The Balaban J connectivity index is 2.38. The Kier molecular flexibility index (Phi) is 4.36. The van der Waals surface area contributed by atoms with Gasteiger partial charge in [-0.05, 0) is 46.0 Å². The van der Waals surface area contributed by atoms with Gasteiger partial charge in [0.2, 0.25) is 0 Å². The molecule has 1 aliphatic rings. The number of nitrogens with one attached hydrogen (secondary N) is 1. The monoisotopic (exact) mass is 227 g/mol. The standard InChI is InChI=1S/C13H25NO2/c1-9(2)8-10-6-7-11(14-10)12(15)16-13(3,4)5/h9-11,14H,6-8H2,1-5H3/t10-,11+/m1/s1. The quantitative estimate of drug-likeness (QED) is 0.753. The van der Waals surface area contributed by atoms with E-state index in [0.717, 1.165) is 19.3 Å². The predicted octanol–water partition coefficient (Wildman–Crippen LogP) is 2.49. The third-order valence-corrected chi connectivity index (χ3v) is 2.69. The van der Waals surface area contributed by atoms with Crippen molar-refractivity contribution < 1.29 is 9.53 Å². The highest BCUT2D eigenvalue weighted by molar-refractivity contribution is 5.76. The summed E-state index contributed by atoms with van der Waals surface area (Å²) in [5, 5.41) is 3.37. The average Bonchev–Trinajstić information content (AvgIpc) is 2.48. The van der Waals surface area contributed by atoms with Crippen LogP contribution in [0.2, 0.25) is 0 Å². The van der Waals surface area contributed by atoms with E-state index in [4.69, 9.17) is 4.74 Å². The zero-order valence-electron chi connectivity index (χ0n) is 11.2. The lowest BCUT2D eigenvalue weighted by Crippen LogP contribution is -2.40. The molecule has 0 aromatic carbocycles. The van der Waals surface area contributed by atoms with E-state index in [9.17, 15) is 4.79 Å². The summed E-state index contributed by atoms with van der Waals surface area (Å²) in [6.45, 7) is 10.1. The van der Waals surface area contributed by atoms with Gasteiger partial charge in [0.15, 0.2) is 0 Å². The maximum Gasteiger partial charge on any atom is 0.323 e. The molecule has 0 aromatic heterocycles. The van der Waals surface area contributed by atoms with Crippen LogP contribution in [0.25, 0.3) is 0 Å². The van der Waals surface area contributed by atoms with Crippen molar-refractivity contribution in [2.24, 2.45) is 5.92 Å². The van der Waals surface area contributed by atoms with Gasteiger partial charge in [-0.1, -0.05) is 13.8 Å². The predicted molar refractivity (Wildman–Crippen MR) is 65.2 cm³/mol. The maximum absolute atomic E-state index is 11.8. The van der Waals surface area contributed by atoms with Gasteiger partial charge < -0.3 is 10.1 Å². The Labute approximate surface area is 98.9 Å². The van der Waals surface area contributed by atoms with Gasteiger partial charge in [-0.2, -0.15) is 0 Å². The van der Waals surface area contributed by atoms with Crippen molar-refractivity contribution in [3.63, 3.8) is 0 Å². The second-order valence-corrected chi connectivity index (χ2v) is 6.16. The molecule has 0 radical (unpaired) electrons. The van der Waals surface area contributed by atoms with E-state index in [0.29, 0.717) is 12.0 Å². The van der Waals surface area contributed by atoms with Crippen molar-refractivity contribution in [2.45, 2.75) is 71.6 Å². The number of rotatable bonds is 3. The summed E-state index contributed by atoms with van der Waals surface area (Å²) in [4.78, 5) is 11.8. The van der Waals surface area contributed by atoms with Crippen LogP contribution in [0.15, 0.2) is 0 Å². The fraction of sp³-hybridized carbons (Fsp3) is 0.923. The normalized spacial score (nSPS) is 26.1. The van der Waals surface area contributed by atoms with Crippen LogP contribution in [-0.2, 0) is 9.53 Å². The molecule has 1 rings (SSSR count). The maximum atomic E-state index is 11.8. The number of hydrogen-bond acceptors (Lipinski definition) is 3. The van der Waals surface area contributed by atoms with Crippen molar-refractivity contribution in [1.29, 1.82) is 0 Å². The fourth-order valence-electron chi connectivity index (χ4n) is 2.13. The van der Waals surface area contributed by atoms with E-state index >= 15 is 0 Å². The summed E-state index contributed by atoms with van der Waals surface area (Å²) in [6.07, 6.45) is 3.13. The molecule has 3 heteroatoms. The summed E-state index contributed by atoms with van der Waals surface area (Å²) in [5.41, 5.74) is -0.380. The molecule has 2 atom stereocenters. The first kappa shape index (κ1) is 13.5. The molecule has 3 nitrogen and oxygen atoms in total. The lowest BCUT2D eigenvalue weighted by molar-refractivity contribution is -0.157. The highest BCUT2D eigenvalue weighted by Crippen LogP contribution is 2.20. The molecule has 1 heterocycles. The molecule has 16 heavy (non-hydrogen) atoms. The van der Waals surface area contributed by atoms with Gasteiger partial charge in [0.05, 0.1) is 0 Å². The molecule has 1 N–H and O–H groups in total. The smallest absolute Gasteiger partial charge is 0.323 e. The number of esters is 1. The Morgan fingerprint density at radius 3 is 2.50 bits per heavy atom. The SMILES string of the molecule is CC(C)C[C@H]1CC[C@@H](C(=O)OC(C)(C)C)N1. The minimum atomic E-state index is -0.380. The Hall–Kier alpha value is -0.570. The van der Waals surface area contributed by atoms with E-state index < -0.39 is 0 Å². The lowest BCUT2D eigenvalue weighted by atomic mass is 10.0. The number of carbonyl (C=O) groups excluding carboxylic acids is 1. The van der Waals surface area contributed by atoms with Gasteiger partial charge in [-0.25, -0.2) is 0 Å². The third kappa shape index (κ3) is 4.52. The summed E-state index contributed by atoms with van der Waals surface area (Å²) < 4.78 is 5.37.